The molecule has 1 aromatic carbocycles. The van der Waals surface area contributed by atoms with E-state index >= 15 is 0 Å². The van der Waals surface area contributed by atoms with Crippen molar-refractivity contribution in [1.82, 2.24) is 6.15 Å². The minimum Gasteiger partial charge on any atom is -0.488 e. The molecule has 10 heavy (non-hydrogen) atoms. The molecule has 0 amide bonds. The van der Waals surface area contributed by atoms with Gasteiger partial charge in [0.15, 0.2) is 0 Å². The normalized spacial score (nSPS) is 12.1. The van der Waals surface area contributed by atoms with E-state index in [4.69, 9.17) is 4.74 Å². The predicted octanol–water partition coefficient (Wildman–Crippen LogP) is 1.88. The van der Waals surface area contributed by atoms with Crippen molar-refractivity contribution < 1.29 is 9.13 Å². The van der Waals surface area contributed by atoms with Crippen LogP contribution in [0.2, 0.25) is 0 Å². The van der Waals surface area contributed by atoms with E-state index in [0.29, 0.717) is 12.4 Å². The van der Waals surface area contributed by atoms with Crippen molar-refractivity contribution in [3.05, 3.63) is 29.6 Å². The Hall–Kier alpha value is -1.09. The zero-order valence-corrected chi connectivity index (χ0v) is 5.43. The van der Waals surface area contributed by atoms with E-state index in [1.165, 1.54) is 12.1 Å². The molecule has 3 N–H and O–H groups in total. The Morgan fingerprint density at radius 1 is 1.40 bits per heavy atom. The minimum absolute atomic E-state index is 0. The van der Waals surface area contributed by atoms with Gasteiger partial charge in [-0.1, -0.05) is 0 Å². The Labute approximate surface area is 58.2 Å². The second-order valence-corrected chi connectivity index (χ2v) is 2.04. The van der Waals surface area contributed by atoms with Crippen molar-refractivity contribution in [2.45, 2.75) is 6.61 Å². The monoisotopic (exact) mass is 141 g/mol. The van der Waals surface area contributed by atoms with Crippen LogP contribution in [-0.2, 0) is 6.61 Å². The molecule has 2 nitrogen and oxygen atoms in total. The summed E-state index contributed by atoms with van der Waals surface area (Å²) >= 11 is 0. The van der Waals surface area contributed by atoms with Crippen molar-refractivity contribution in [3.8, 4) is 5.75 Å². The first-order valence-corrected chi connectivity index (χ1v) is 2.77. The standard InChI is InChI=1S/C7H5FO.H3N/c8-6-2-1-5-4-9-7(5)3-6;/h1-3H,4H2;1H3. The molecule has 0 aromatic heterocycles. The molecule has 1 aromatic rings. The highest BCUT2D eigenvalue weighted by Crippen LogP contribution is 2.28. The smallest absolute Gasteiger partial charge is 0.129 e. The van der Waals surface area contributed by atoms with Crippen LogP contribution in [0.1, 0.15) is 5.56 Å². The van der Waals surface area contributed by atoms with Gasteiger partial charge < -0.3 is 10.9 Å². The molecule has 0 unspecified atom stereocenters. The van der Waals surface area contributed by atoms with Crippen LogP contribution in [0.15, 0.2) is 18.2 Å². The molecule has 0 atom stereocenters. The SMILES string of the molecule is Fc1ccc2c(c1)OC2.N. The maximum Gasteiger partial charge on any atom is 0.129 e. The van der Waals surface area contributed by atoms with Gasteiger partial charge in [-0.05, 0) is 12.1 Å². The molecule has 0 radical (unpaired) electrons. The molecule has 1 aliphatic rings. The molecule has 3 heteroatoms. The van der Waals surface area contributed by atoms with Crippen LogP contribution >= 0.6 is 0 Å². The number of benzene rings is 1. The van der Waals surface area contributed by atoms with Crippen molar-refractivity contribution in [2.24, 2.45) is 0 Å². The maximum atomic E-state index is 12.3. The van der Waals surface area contributed by atoms with E-state index in [1.807, 2.05) is 0 Å². The highest BCUT2D eigenvalue weighted by Gasteiger charge is 2.13. The van der Waals surface area contributed by atoms with Gasteiger partial charge in [0.05, 0.1) is 0 Å². The summed E-state index contributed by atoms with van der Waals surface area (Å²) in [6.07, 6.45) is 0. The van der Waals surface area contributed by atoms with E-state index in [1.54, 1.807) is 6.07 Å². The van der Waals surface area contributed by atoms with Crippen molar-refractivity contribution in [2.75, 3.05) is 0 Å². The molecule has 0 saturated heterocycles. The molecule has 0 aliphatic carbocycles. The first-order valence-electron chi connectivity index (χ1n) is 2.77. The van der Waals surface area contributed by atoms with Gasteiger partial charge in [0.25, 0.3) is 0 Å². The summed E-state index contributed by atoms with van der Waals surface area (Å²) < 4.78 is 17.2. The van der Waals surface area contributed by atoms with Crippen LogP contribution in [-0.4, -0.2) is 0 Å². The fourth-order valence-corrected chi connectivity index (χ4v) is 0.857. The summed E-state index contributed by atoms with van der Waals surface area (Å²) in [5.74, 6) is 0.462. The minimum atomic E-state index is -0.228. The van der Waals surface area contributed by atoms with Gasteiger partial charge >= 0.3 is 0 Å². The van der Waals surface area contributed by atoms with Crippen LogP contribution in [0.3, 0.4) is 0 Å². The Morgan fingerprint density at radius 2 is 2.20 bits per heavy atom. The molecule has 0 bridgehead atoms. The summed E-state index contributed by atoms with van der Waals surface area (Å²) in [5, 5.41) is 0. The van der Waals surface area contributed by atoms with Crippen LogP contribution in [0.25, 0.3) is 0 Å². The van der Waals surface area contributed by atoms with Crippen LogP contribution in [0.4, 0.5) is 4.39 Å². The highest BCUT2D eigenvalue weighted by atomic mass is 19.1. The molecule has 0 saturated carbocycles. The average molecular weight is 141 g/mol. The summed E-state index contributed by atoms with van der Waals surface area (Å²) in [5.41, 5.74) is 1.09. The van der Waals surface area contributed by atoms with Crippen molar-refractivity contribution in [3.63, 3.8) is 0 Å². The lowest BCUT2D eigenvalue weighted by Crippen LogP contribution is -2.08. The maximum absolute atomic E-state index is 12.3. The summed E-state index contributed by atoms with van der Waals surface area (Å²) in [6.45, 7) is 0.635. The van der Waals surface area contributed by atoms with Crippen LogP contribution in [0, 0.1) is 5.82 Å². The van der Waals surface area contributed by atoms with Crippen LogP contribution in [0.5, 0.6) is 5.75 Å². The molecule has 1 heterocycles. The third-order valence-electron chi connectivity index (χ3n) is 1.41. The van der Waals surface area contributed by atoms with Gasteiger partial charge in [0, 0.05) is 11.6 Å². The lowest BCUT2D eigenvalue weighted by molar-refractivity contribution is 0.241. The second-order valence-electron chi connectivity index (χ2n) is 2.04. The molecule has 0 spiro atoms. The number of fused-ring (bicyclic) bond motifs is 1. The number of halogens is 1. The van der Waals surface area contributed by atoms with Gasteiger partial charge in [-0.15, -0.1) is 0 Å². The van der Waals surface area contributed by atoms with E-state index < -0.39 is 0 Å². The van der Waals surface area contributed by atoms with Crippen molar-refractivity contribution in [1.29, 1.82) is 0 Å². The van der Waals surface area contributed by atoms with Gasteiger partial charge in [0.1, 0.15) is 18.2 Å². The van der Waals surface area contributed by atoms with Crippen LogP contribution < -0.4 is 10.9 Å². The number of hydrogen-bond acceptors (Lipinski definition) is 2. The molecule has 1 aliphatic heterocycles. The zero-order valence-electron chi connectivity index (χ0n) is 5.43. The van der Waals surface area contributed by atoms with Gasteiger partial charge in [-0.25, -0.2) is 4.39 Å². The summed E-state index contributed by atoms with van der Waals surface area (Å²) in [6, 6.07) is 4.59. The third-order valence-corrected chi connectivity index (χ3v) is 1.41. The predicted molar refractivity (Wildman–Crippen MR) is 35.8 cm³/mol. The van der Waals surface area contributed by atoms with E-state index in [-0.39, 0.29) is 12.0 Å². The number of hydrogen-bond donors (Lipinski definition) is 1. The third kappa shape index (κ3) is 0.844. The fraction of sp³-hybridized carbons (Fsp3) is 0.143. The van der Waals surface area contributed by atoms with Crippen molar-refractivity contribution >= 4 is 0 Å². The fourth-order valence-electron chi connectivity index (χ4n) is 0.857. The molecule has 54 valence electrons. The topological polar surface area (TPSA) is 44.2 Å². The lowest BCUT2D eigenvalue weighted by Gasteiger charge is -2.19. The quantitative estimate of drug-likeness (QED) is 0.599. The molecule has 2 rings (SSSR count). The Bertz CT molecular complexity index is 249. The van der Waals surface area contributed by atoms with Gasteiger partial charge in [-0.2, -0.15) is 0 Å². The van der Waals surface area contributed by atoms with Gasteiger partial charge in [-0.3, -0.25) is 0 Å². The first-order chi connectivity index (χ1) is 4.36. The Kier molecular flexibility index (Phi) is 1.59. The number of ether oxygens (including phenoxy) is 1. The zero-order chi connectivity index (χ0) is 6.27. The summed E-state index contributed by atoms with van der Waals surface area (Å²) in [4.78, 5) is 0. The summed E-state index contributed by atoms with van der Waals surface area (Å²) in [7, 11) is 0. The Morgan fingerprint density at radius 3 is 2.60 bits per heavy atom. The van der Waals surface area contributed by atoms with E-state index in [2.05, 4.69) is 0 Å². The van der Waals surface area contributed by atoms with E-state index in [9.17, 15) is 4.39 Å². The average Bonchev–Trinajstić information content (AvgIpc) is 1.78. The molecule has 0 fully saturated rings. The molecular formula is C7H8FNO. The second kappa shape index (κ2) is 2.27. The lowest BCUT2D eigenvalue weighted by atomic mass is 10.1. The highest BCUT2D eigenvalue weighted by molar-refractivity contribution is 5.38. The Balaban J connectivity index is 0.000000500. The molecular weight excluding hydrogens is 133 g/mol. The first kappa shape index (κ1) is 7.02. The largest absolute Gasteiger partial charge is 0.488 e. The van der Waals surface area contributed by atoms with E-state index in [0.717, 1.165) is 5.56 Å². The van der Waals surface area contributed by atoms with Gasteiger partial charge in [0.2, 0.25) is 0 Å². The number of rotatable bonds is 0.